The van der Waals surface area contributed by atoms with E-state index in [9.17, 15) is 19.3 Å². The number of carboxylic acids is 1. The summed E-state index contributed by atoms with van der Waals surface area (Å²) in [5, 5.41) is 23.2. The van der Waals surface area contributed by atoms with E-state index >= 15 is 0 Å². The second-order valence-corrected chi connectivity index (χ2v) is 4.09. The molecule has 1 aromatic carbocycles. The zero-order chi connectivity index (χ0) is 15.6. The molecule has 1 aromatic heterocycles. The van der Waals surface area contributed by atoms with Gasteiger partial charge < -0.3 is 9.84 Å². The van der Waals surface area contributed by atoms with Crippen molar-refractivity contribution in [2.75, 3.05) is 0 Å². The molecule has 0 fully saturated rings. The second-order valence-electron chi connectivity index (χ2n) is 4.09. The average molecular weight is 295 g/mol. The summed E-state index contributed by atoms with van der Waals surface area (Å²) in [7, 11) is 1.53. The first-order valence-corrected chi connectivity index (χ1v) is 5.71. The van der Waals surface area contributed by atoms with Crippen LogP contribution in [0.2, 0.25) is 0 Å². The first-order valence-electron chi connectivity index (χ1n) is 5.71. The lowest BCUT2D eigenvalue weighted by atomic mass is 10.2. The maximum absolute atomic E-state index is 13.6. The summed E-state index contributed by atoms with van der Waals surface area (Å²) in [6.45, 7) is -0.229. The van der Waals surface area contributed by atoms with Gasteiger partial charge in [0.15, 0.2) is 11.6 Å². The minimum Gasteiger partial charge on any atom is -0.484 e. The van der Waals surface area contributed by atoms with Crippen LogP contribution in [0, 0.1) is 15.9 Å². The molecule has 0 saturated carbocycles. The van der Waals surface area contributed by atoms with E-state index in [0.717, 1.165) is 24.4 Å². The first kappa shape index (κ1) is 14.4. The fourth-order valence-electron chi connectivity index (χ4n) is 1.68. The fraction of sp³-hybridized carbons (Fsp3) is 0.167. The number of aromatic carboxylic acids is 1. The summed E-state index contributed by atoms with van der Waals surface area (Å²) in [5.74, 6) is -2.28. The Morgan fingerprint density at radius 1 is 1.57 bits per heavy atom. The monoisotopic (exact) mass is 295 g/mol. The molecule has 0 amide bonds. The van der Waals surface area contributed by atoms with Gasteiger partial charge in [-0.25, -0.2) is 9.18 Å². The zero-order valence-electron chi connectivity index (χ0n) is 10.8. The van der Waals surface area contributed by atoms with Crippen molar-refractivity contribution in [3.63, 3.8) is 0 Å². The van der Waals surface area contributed by atoms with Crippen molar-refractivity contribution < 1.29 is 24.0 Å². The summed E-state index contributed by atoms with van der Waals surface area (Å²) < 4.78 is 20.1. The molecule has 1 N–H and O–H groups in total. The van der Waals surface area contributed by atoms with Gasteiger partial charge in [-0.2, -0.15) is 5.10 Å². The van der Waals surface area contributed by atoms with Crippen LogP contribution in [0.4, 0.5) is 10.1 Å². The van der Waals surface area contributed by atoms with E-state index in [4.69, 9.17) is 9.84 Å². The highest BCUT2D eigenvalue weighted by Crippen LogP contribution is 2.23. The van der Waals surface area contributed by atoms with E-state index < -0.39 is 22.4 Å². The Kier molecular flexibility index (Phi) is 3.83. The Morgan fingerprint density at radius 2 is 2.29 bits per heavy atom. The number of carbonyl (C=O) groups is 1. The van der Waals surface area contributed by atoms with Gasteiger partial charge >= 0.3 is 5.97 Å². The van der Waals surface area contributed by atoms with E-state index in [-0.39, 0.29) is 23.6 Å². The number of hydrogen-bond acceptors (Lipinski definition) is 5. The quantitative estimate of drug-likeness (QED) is 0.665. The number of aryl methyl sites for hydroxylation is 1. The van der Waals surface area contributed by atoms with Crippen molar-refractivity contribution in [3.05, 3.63) is 51.6 Å². The van der Waals surface area contributed by atoms with Crippen LogP contribution in [0.15, 0.2) is 24.4 Å². The van der Waals surface area contributed by atoms with Crippen molar-refractivity contribution in [3.8, 4) is 5.75 Å². The van der Waals surface area contributed by atoms with Crippen LogP contribution in [0.5, 0.6) is 5.75 Å². The van der Waals surface area contributed by atoms with E-state index in [0.29, 0.717) is 0 Å². The third-order valence-corrected chi connectivity index (χ3v) is 2.78. The number of nitrogens with zero attached hydrogens (tertiary/aromatic N) is 3. The van der Waals surface area contributed by atoms with Crippen molar-refractivity contribution in [1.82, 2.24) is 9.78 Å². The van der Waals surface area contributed by atoms with Crippen LogP contribution >= 0.6 is 0 Å². The van der Waals surface area contributed by atoms with Crippen LogP contribution in [0.3, 0.4) is 0 Å². The van der Waals surface area contributed by atoms with Gasteiger partial charge in [0, 0.05) is 13.1 Å². The molecule has 0 atom stereocenters. The second kappa shape index (κ2) is 5.57. The number of non-ortho nitro benzene ring substituents is 1. The zero-order valence-corrected chi connectivity index (χ0v) is 10.8. The summed E-state index contributed by atoms with van der Waals surface area (Å²) >= 11 is 0. The smallest absolute Gasteiger partial charge is 0.339 e. The molecule has 8 nitrogen and oxygen atoms in total. The molecule has 1 heterocycles. The predicted octanol–water partition coefficient (Wildman–Crippen LogP) is 1.74. The number of halogens is 1. The van der Waals surface area contributed by atoms with Crippen LogP contribution in [0.25, 0.3) is 0 Å². The molecule has 0 spiro atoms. The third kappa shape index (κ3) is 2.96. The molecule has 0 aliphatic rings. The average Bonchev–Trinajstić information content (AvgIpc) is 2.78. The van der Waals surface area contributed by atoms with Gasteiger partial charge in [-0.15, -0.1) is 0 Å². The molecule has 0 saturated heterocycles. The fourth-order valence-corrected chi connectivity index (χ4v) is 1.68. The Bertz CT molecular complexity index is 713. The number of rotatable bonds is 5. The largest absolute Gasteiger partial charge is 0.484 e. The molecule has 9 heteroatoms. The Hall–Kier alpha value is -2.97. The van der Waals surface area contributed by atoms with Crippen LogP contribution in [-0.2, 0) is 13.7 Å². The summed E-state index contributed by atoms with van der Waals surface area (Å²) in [6.07, 6.45) is 1.16. The lowest BCUT2D eigenvalue weighted by Gasteiger charge is -2.08. The van der Waals surface area contributed by atoms with Crippen LogP contribution in [0.1, 0.15) is 16.1 Å². The van der Waals surface area contributed by atoms with E-state index in [2.05, 4.69) is 5.10 Å². The highest BCUT2D eigenvalue weighted by atomic mass is 19.1. The first-order chi connectivity index (χ1) is 9.90. The molecule has 0 bridgehead atoms. The standard InChI is InChI=1S/C12H10FN3O5/c1-15-10(8(5-14-15)12(17)18)6-21-11-3-2-7(16(19)20)4-9(11)13/h2-5H,6H2,1H3,(H,17,18). The molecule has 2 rings (SSSR count). The van der Waals surface area contributed by atoms with E-state index in [1.54, 1.807) is 0 Å². The van der Waals surface area contributed by atoms with E-state index in [1.807, 2.05) is 0 Å². The van der Waals surface area contributed by atoms with E-state index in [1.165, 1.54) is 11.7 Å². The number of ether oxygens (including phenoxy) is 1. The minimum atomic E-state index is -1.18. The molecule has 0 aliphatic heterocycles. The molecular formula is C12H10FN3O5. The summed E-state index contributed by atoms with van der Waals surface area (Å²) in [4.78, 5) is 20.7. The van der Waals surface area contributed by atoms with Crippen LogP contribution < -0.4 is 4.74 Å². The molecule has 0 unspecified atom stereocenters. The number of aromatic nitrogens is 2. The van der Waals surface area contributed by atoms with Gasteiger partial charge in [0.1, 0.15) is 12.2 Å². The van der Waals surface area contributed by atoms with Gasteiger partial charge in [-0.3, -0.25) is 14.8 Å². The van der Waals surface area contributed by atoms with Crippen molar-refractivity contribution in [2.24, 2.45) is 7.05 Å². The van der Waals surface area contributed by atoms with Gasteiger partial charge in [0.25, 0.3) is 5.69 Å². The van der Waals surface area contributed by atoms with Gasteiger partial charge in [-0.05, 0) is 6.07 Å². The third-order valence-electron chi connectivity index (χ3n) is 2.78. The van der Waals surface area contributed by atoms with Crippen molar-refractivity contribution in [2.45, 2.75) is 6.61 Å². The Morgan fingerprint density at radius 3 is 2.86 bits per heavy atom. The Labute approximate surface area is 117 Å². The van der Waals surface area contributed by atoms with Gasteiger partial charge in [-0.1, -0.05) is 0 Å². The van der Waals surface area contributed by atoms with Gasteiger partial charge in [0.2, 0.25) is 0 Å². The topological polar surface area (TPSA) is 107 Å². The maximum atomic E-state index is 13.6. The lowest BCUT2D eigenvalue weighted by Crippen LogP contribution is -2.09. The molecule has 0 aliphatic carbocycles. The normalized spacial score (nSPS) is 10.4. The van der Waals surface area contributed by atoms with Crippen LogP contribution in [-0.4, -0.2) is 25.8 Å². The highest BCUT2D eigenvalue weighted by molar-refractivity contribution is 5.88. The Balaban J connectivity index is 2.19. The molecule has 0 radical (unpaired) electrons. The number of hydrogen-bond donors (Lipinski definition) is 1. The minimum absolute atomic E-state index is 0.0557. The number of nitro benzene ring substituents is 1. The molecule has 21 heavy (non-hydrogen) atoms. The molecule has 2 aromatic rings. The SMILES string of the molecule is Cn1ncc(C(=O)O)c1COc1ccc([N+](=O)[O-])cc1F. The number of benzene rings is 1. The van der Waals surface area contributed by atoms with Crippen molar-refractivity contribution in [1.29, 1.82) is 0 Å². The van der Waals surface area contributed by atoms with Crippen molar-refractivity contribution >= 4 is 11.7 Å². The highest BCUT2D eigenvalue weighted by Gasteiger charge is 2.17. The van der Waals surface area contributed by atoms with Gasteiger partial charge in [0.05, 0.1) is 22.9 Å². The lowest BCUT2D eigenvalue weighted by molar-refractivity contribution is -0.385. The molecule has 110 valence electrons. The predicted molar refractivity (Wildman–Crippen MR) is 67.6 cm³/mol. The summed E-state index contributed by atoms with van der Waals surface area (Å²) in [6, 6.07) is 2.95. The molecular weight excluding hydrogens is 285 g/mol. The number of carboxylic acid groups (broad SMARTS) is 1. The maximum Gasteiger partial charge on any atom is 0.339 e. The summed E-state index contributed by atoms with van der Waals surface area (Å²) in [5.41, 5.74) is -0.202. The number of nitro groups is 1.